The van der Waals surface area contributed by atoms with Crippen LogP contribution >= 0.6 is 22.6 Å². The molecule has 0 radical (unpaired) electrons. The van der Waals surface area contributed by atoms with E-state index in [1.54, 1.807) is 18.5 Å². The van der Waals surface area contributed by atoms with Crippen molar-refractivity contribution < 1.29 is 4.74 Å². The van der Waals surface area contributed by atoms with Gasteiger partial charge in [-0.1, -0.05) is 12.7 Å². The van der Waals surface area contributed by atoms with Gasteiger partial charge in [-0.2, -0.15) is 0 Å². The van der Waals surface area contributed by atoms with Crippen molar-refractivity contribution in [3.8, 4) is 6.01 Å². The van der Waals surface area contributed by atoms with Gasteiger partial charge in [-0.25, -0.2) is 9.97 Å². The molecule has 0 N–H and O–H groups in total. The van der Waals surface area contributed by atoms with E-state index in [-0.39, 0.29) is 0 Å². The van der Waals surface area contributed by atoms with Gasteiger partial charge in [-0.05, 0) is 22.6 Å². The first-order chi connectivity index (χ1) is 5.33. The van der Waals surface area contributed by atoms with Crippen LogP contribution in [-0.2, 0) is 0 Å². The Morgan fingerprint density at radius 3 is 2.73 bits per heavy atom. The maximum Gasteiger partial charge on any atom is 0.316 e. The van der Waals surface area contributed by atoms with Crippen LogP contribution in [0.5, 0.6) is 6.01 Å². The maximum atomic E-state index is 5.07. The zero-order chi connectivity index (χ0) is 8.10. The molecule has 0 saturated carbocycles. The molecule has 0 fully saturated rings. The molecule has 1 rings (SSSR count). The third-order valence-electron chi connectivity index (χ3n) is 0.927. The summed E-state index contributed by atoms with van der Waals surface area (Å²) < 4.78 is 6.06. The molecule has 4 heteroatoms. The number of rotatable bonds is 3. The van der Waals surface area contributed by atoms with Crippen LogP contribution in [-0.4, -0.2) is 16.6 Å². The van der Waals surface area contributed by atoms with Gasteiger partial charge >= 0.3 is 6.01 Å². The summed E-state index contributed by atoms with van der Waals surface area (Å²) in [5.41, 5.74) is 0. The topological polar surface area (TPSA) is 35.0 Å². The standard InChI is InChI=1S/C7H7IN2O/c1-2-3-11-7-9-4-6(8)5-10-7/h2,4-5H,1,3H2. The van der Waals surface area contributed by atoms with Crippen LogP contribution in [0, 0.1) is 3.57 Å². The molecular weight excluding hydrogens is 255 g/mol. The highest BCUT2D eigenvalue weighted by Gasteiger charge is 1.93. The van der Waals surface area contributed by atoms with Crippen LogP contribution in [0.4, 0.5) is 0 Å². The minimum Gasteiger partial charge on any atom is -0.459 e. The van der Waals surface area contributed by atoms with Crippen molar-refractivity contribution in [3.63, 3.8) is 0 Å². The van der Waals surface area contributed by atoms with E-state index in [4.69, 9.17) is 4.74 Å². The largest absolute Gasteiger partial charge is 0.459 e. The van der Waals surface area contributed by atoms with Crippen LogP contribution in [0.2, 0.25) is 0 Å². The fourth-order valence-electron chi connectivity index (χ4n) is 0.508. The predicted molar refractivity (Wildman–Crippen MR) is 50.4 cm³/mol. The Hall–Kier alpha value is -0.650. The summed E-state index contributed by atoms with van der Waals surface area (Å²) in [6.07, 6.45) is 5.05. The van der Waals surface area contributed by atoms with Crippen molar-refractivity contribution in [2.75, 3.05) is 6.61 Å². The summed E-state index contributed by atoms with van der Waals surface area (Å²) in [6.45, 7) is 3.96. The molecule has 11 heavy (non-hydrogen) atoms. The molecule has 0 saturated heterocycles. The van der Waals surface area contributed by atoms with E-state index < -0.39 is 0 Å². The normalized spacial score (nSPS) is 9.18. The predicted octanol–water partition coefficient (Wildman–Crippen LogP) is 1.65. The Morgan fingerprint density at radius 2 is 2.18 bits per heavy atom. The van der Waals surface area contributed by atoms with Crippen molar-refractivity contribution in [3.05, 3.63) is 28.6 Å². The number of hydrogen-bond donors (Lipinski definition) is 0. The average molecular weight is 262 g/mol. The second kappa shape index (κ2) is 4.27. The summed E-state index contributed by atoms with van der Waals surface area (Å²) in [7, 11) is 0. The van der Waals surface area contributed by atoms with Gasteiger partial charge in [0.15, 0.2) is 0 Å². The highest BCUT2D eigenvalue weighted by Crippen LogP contribution is 2.03. The molecule has 0 spiro atoms. The zero-order valence-electron chi connectivity index (χ0n) is 5.83. The summed E-state index contributed by atoms with van der Waals surface area (Å²) >= 11 is 2.13. The van der Waals surface area contributed by atoms with E-state index in [1.807, 2.05) is 0 Å². The average Bonchev–Trinajstić information content (AvgIpc) is 2.04. The molecule has 0 aliphatic heterocycles. The third kappa shape index (κ3) is 2.83. The second-order valence-corrected chi connectivity index (χ2v) is 3.03. The molecule has 0 bridgehead atoms. The minimum atomic E-state index is 0.394. The van der Waals surface area contributed by atoms with Crippen LogP contribution in [0.25, 0.3) is 0 Å². The SMILES string of the molecule is C=CCOc1ncc(I)cn1. The Balaban J connectivity index is 2.58. The molecule has 1 aromatic rings. The highest BCUT2D eigenvalue weighted by molar-refractivity contribution is 14.1. The van der Waals surface area contributed by atoms with Gasteiger partial charge in [0.1, 0.15) is 6.61 Å². The lowest BCUT2D eigenvalue weighted by Crippen LogP contribution is -1.97. The van der Waals surface area contributed by atoms with Crippen molar-refractivity contribution in [2.24, 2.45) is 0 Å². The van der Waals surface area contributed by atoms with E-state index in [9.17, 15) is 0 Å². The highest BCUT2D eigenvalue weighted by atomic mass is 127. The van der Waals surface area contributed by atoms with Gasteiger partial charge in [-0.15, -0.1) is 0 Å². The van der Waals surface area contributed by atoms with Gasteiger partial charge in [0.2, 0.25) is 0 Å². The Kier molecular flexibility index (Phi) is 3.28. The smallest absolute Gasteiger partial charge is 0.316 e. The quantitative estimate of drug-likeness (QED) is 0.613. The molecule has 1 heterocycles. The summed E-state index contributed by atoms with van der Waals surface area (Å²) in [6, 6.07) is 0.394. The third-order valence-corrected chi connectivity index (χ3v) is 1.48. The van der Waals surface area contributed by atoms with Crippen LogP contribution in [0.3, 0.4) is 0 Å². The van der Waals surface area contributed by atoms with E-state index in [0.29, 0.717) is 12.6 Å². The molecule has 0 aliphatic carbocycles. The molecule has 3 nitrogen and oxygen atoms in total. The number of nitrogens with zero attached hydrogens (tertiary/aromatic N) is 2. The fraction of sp³-hybridized carbons (Fsp3) is 0.143. The number of hydrogen-bond acceptors (Lipinski definition) is 3. The molecule has 1 aromatic heterocycles. The number of halogens is 1. The van der Waals surface area contributed by atoms with E-state index in [0.717, 1.165) is 3.57 Å². The van der Waals surface area contributed by atoms with Gasteiger partial charge < -0.3 is 4.74 Å². The van der Waals surface area contributed by atoms with Crippen molar-refractivity contribution in [1.29, 1.82) is 0 Å². The number of ether oxygens (including phenoxy) is 1. The van der Waals surface area contributed by atoms with Gasteiger partial charge in [0.05, 0.1) is 0 Å². The van der Waals surface area contributed by atoms with E-state index >= 15 is 0 Å². The molecule has 0 unspecified atom stereocenters. The first-order valence-electron chi connectivity index (χ1n) is 3.04. The summed E-state index contributed by atoms with van der Waals surface area (Å²) in [4.78, 5) is 7.85. The first kappa shape index (κ1) is 8.45. The molecular formula is C7H7IN2O. The monoisotopic (exact) mass is 262 g/mol. The second-order valence-electron chi connectivity index (χ2n) is 1.78. The van der Waals surface area contributed by atoms with Crippen molar-refractivity contribution in [1.82, 2.24) is 9.97 Å². The fourth-order valence-corrected chi connectivity index (χ4v) is 0.787. The Labute approximate surface area is 78.7 Å². The van der Waals surface area contributed by atoms with Gasteiger partial charge in [0, 0.05) is 16.0 Å². The van der Waals surface area contributed by atoms with Crippen LogP contribution < -0.4 is 4.74 Å². The lowest BCUT2D eigenvalue weighted by Gasteiger charge is -1.98. The van der Waals surface area contributed by atoms with Crippen LogP contribution in [0.1, 0.15) is 0 Å². The molecule has 0 atom stereocenters. The Bertz CT molecular complexity index is 235. The van der Waals surface area contributed by atoms with E-state index in [1.165, 1.54) is 0 Å². The van der Waals surface area contributed by atoms with Crippen molar-refractivity contribution in [2.45, 2.75) is 0 Å². The van der Waals surface area contributed by atoms with Gasteiger partial charge in [-0.3, -0.25) is 0 Å². The first-order valence-corrected chi connectivity index (χ1v) is 4.12. The molecule has 58 valence electrons. The van der Waals surface area contributed by atoms with Gasteiger partial charge in [0.25, 0.3) is 0 Å². The number of aromatic nitrogens is 2. The zero-order valence-corrected chi connectivity index (χ0v) is 7.98. The lowest BCUT2D eigenvalue weighted by molar-refractivity contribution is 0.333. The van der Waals surface area contributed by atoms with Crippen molar-refractivity contribution >= 4 is 22.6 Å². The minimum absolute atomic E-state index is 0.394. The Morgan fingerprint density at radius 1 is 1.55 bits per heavy atom. The van der Waals surface area contributed by atoms with E-state index in [2.05, 4.69) is 39.1 Å². The molecule has 0 aromatic carbocycles. The summed E-state index contributed by atoms with van der Waals surface area (Å²) in [5, 5.41) is 0. The van der Waals surface area contributed by atoms with Crippen LogP contribution in [0.15, 0.2) is 25.0 Å². The maximum absolute atomic E-state index is 5.07. The lowest BCUT2D eigenvalue weighted by atomic mass is 10.7. The summed E-state index contributed by atoms with van der Waals surface area (Å²) in [5.74, 6) is 0. The molecule has 0 aliphatic rings. The molecule has 0 amide bonds.